The average Bonchev–Trinajstić information content (AvgIpc) is 2.86. The van der Waals surface area contributed by atoms with Crippen LogP contribution >= 0.6 is 15.9 Å². The van der Waals surface area contributed by atoms with Crippen LogP contribution in [-0.2, 0) is 0 Å². The van der Waals surface area contributed by atoms with Crippen LogP contribution in [0.3, 0.4) is 0 Å². The van der Waals surface area contributed by atoms with E-state index in [1.165, 1.54) is 31.2 Å². The van der Waals surface area contributed by atoms with Gasteiger partial charge in [0.15, 0.2) is 0 Å². The summed E-state index contributed by atoms with van der Waals surface area (Å²) in [6, 6.07) is 8.44. The van der Waals surface area contributed by atoms with Gasteiger partial charge in [-0.3, -0.25) is 0 Å². The molecular weight excluding hydrogens is 288 g/mol. The maximum atomic E-state index is 6.15. The van der Waals surface area contributed by atoms with Crippen LogP contribution < -0.4 is 4.74 Å². The Morgan fingerprint density at radius 2 is 1.89 bits per heavy atom. The summed E-state index contributed by atoms with van der Waals surface area (Å²) in [6.07, 6.45) is 5.28. The summed E-state index contributed by atoms with van der Waals surface area (Å²) in [5.41, 5.74) is 1.68. The van der Waals surface area contributed by atoms with Crippen LogP contribution in [0.5, 0.6) is 5.75 Å². The molecule has 1 aromatic rings. The predicted octanol–water partition coefficient (Wildman–Crippen LogP) is 5.14. The van der Waals surface area contributed by atoms with Gasteiger partial charge in [-0.15, -0.1) is 0 Å². The zero-order chi connectivity index (χ0) is 13.0. The molecule has 0 N–H and O–H groups in total. The fourth-order valence-electron chi connectivity index (χ4n) is 2.76. The third-order valence-corrected chi connectivity index (χ3v) is 5.21. The molecule has 1 aromatic carbocycles. The number of benzene rings is 1. The van der Waals surface area contributed by atoms with Gasteiger partial charge in [0.05, 0.1) is 6.61 Å². The molecule has 0 amide bonds. The van der Waals surface area contributed by atoms with Crippen LogP contribution in [0, 0.1) is 5.41 Å². The van der Waals surface area contributed by atoms with Crippen molar-refractivity contribution in [2.75, 3.05) is 11.9 Å². The molecule has 18 heavy (non-hydrogen) atoms. The first-order valence-electron chi connectivity index (χ1n) is 6.95. The molecule has 1 fully saturated rings. The lowest BCUT2D eigenvalue weighted by atomic mass is 9.90. The van der Waals surface area contributed by atoms with Gasteiger partial charge in [-0.05, 0) is 30.4 Å². The minimum atomic E-state index is 0.365. The Balaban J connectivity index is 2.05. The van der Waals surface area contributed by atoms with E-state index >= 15 is 0 Å². The molecule has 0 unspecified atom stereocenters. The van der Waals surface area contributed by atoms with Gasteiger partial charge in [0, 0.05) is 10.7 Å². The van der Waals surface area contributed by atoms with Gasteiger partial charge >= 0.3 is 0 Å². The molecule has 1 saturated carbocycles. The van der Waals surface area contributed by atoms with Crippen molar-refractivity contribution in [2.24, 2.45) is 5.41 Å². The lowest BCUT2D eigenvalue weighted by Crippen LogP contribution is -2.27. The number of hydrogen-bond acceptors (Lipinski definition) is 1. The second-order valence-corrected chi connectivity index (χ2v) is 6.38. The van der Waals surface area contributed by atoms with E-state index in [0.717, 1.165) is 17.7 Å². The summed E-state index contributed by atoms with van der Waals surface area (Å²) in [6.45, 7) is 5.29. The zero-order valence-electron chi connectivity index (χ0n) is 11.4. The number of alkyl halides is 1. The maximum absolute atomic E-state index is 6.15. The van der Waals surface area contributed by atoms with Gasteiger partial charge in [-0.1, -0.05) is 60.8 Å². The van der Waals surface area contributed by atoms with Gasteiger partial charge < -0.3 is 4.74 Å². The van der Waals surface area contributed by atoms with Crippen molar-refractivity contribution < 1.29 is 4.74 Å². The van der Waals surface area contributed by atoms with Gasteiger partial charge in [0.25, 0.3) is 0 Å². The Morgan fingerprint density at radius 3 is 2.50 bits per heavy atom. The smallest absolute Gasteiger partial charge is 0.122 e. The molecular formula is C16H23BrO. The minimum Gasteiger partial charge on any atom is -0.493 e. The van der Waals surface area contributed by atoms with Crippen LogP contribution in [0.25, 0.3) is 0 Å². The van der Waals surface area contributed by atoms with Crippen molar-refractivity contribution in [3.8, 4) is 5.75 Å². The molecule has 1 aliphatic rings. The Morgan fingerprint density at radius 1 is 1.22 bits per heavy atom. The third-order valence-electron chi connectivity index (χ3n) is 4.02. The number of rotatable bonds is 5. The monoisotopic (exact) mass is 310 g/mol. The summed E-state index contributed by atoms with van der Waals surface area (Å²) in [5, 5.41) is 1.06. The van der Waals surface area contributed by atoms with Gasteiger partial charge in [-0.2, -0.15) is 0 Å². The second kappa shape index (κ2) is 6.10. The lowest BCUT2D eigenvalue weighted by molar-refractivity contribution is 0.172. The van der Waals surface area contributed by atoms with Crippen molar-refractivity contribution in [2.45, 2.75) is 45.4 Å². The van der Waals surface area contributed by atoms with Crippen molar-refractivity contribution >= 4 is 15.9 Å². The molecule has 2 heteroatoms. The molecule has 0 spiro atoms. The van der Waals surface area contributed by atoms with Crippen LogP contribution in [-0.4, -0.2) is 11.9 Å². The Bertz CT molecular complexity index is 380. The van der Waals surface area contributed by atoms with Crippen molar-refractivity contribution in [1.29, 1.82) is 0 Å². The fraction of sp³-hybridized carbons (Fsp3) is 0.625. The first-order valence-corrected chi connectivity index (χ1v) is 8.07. The molecule has 2 rings (SSSR count). The second-order valence-electron chi connectivity index (χ2n) is 5.82. The first-order chi connectivity index (χ1) is 8.67. The zero-order valence-corrected chi connectivity index (χ0v) is 13.0. The predicted molar refractivity (Wildman–Crippen MR) is 80.7 cm³/mol. The Hall–Kier alpha value is -0.500. The average molecular weight is 311 g/mol. The number of halogens is 1. The molecule has 0 aliphatic heterocycles. The largest absolute Gasteiger partial charge is 0.493 e. The number of para-hydroxylation sites is 1. The molecule has 0 saturated heterocycles. The summed E-state index contributed by atoms with van der Waals surface area (Å²) in [5.74, 6) is 1.59. The van der Waals surface area contributed by atoms with Crippen molar-refractivity contribution in [1.82, 2.24) is 0 Å². The van der Waals surface area contributed by atoms with E-state index in [-0.39, 0.29) is 0 Å². The van der Waals surface area contributed by atoms with Crippen LogP contribution in [0.1, 0.15) is 51.0 Å². The number of ether oxygens (including phenoxy) is 1. The van der Waals surface area contributed by atoms with E-state index in [1.54, 1.807) is 0 Å². The van der Waals surface area contributed by atoms with E-state index < -0.39 is 0 Å². The summed E-state index contributed by atoms with van der Waals surface area (Å²) >= 11 is 3.67. The van der Waals surface area contributed by atoms with Gasteiger partial charge in [0.2, 0.25) is 0 Å². The summed E-state index contributed by atoms with van der Waals surface area (Å²) < 4.78 is 6.15. The molecule has 1 nitrogen and oxygen atoms in total. The van der Waals surface area contributed by atoms with Gasteiger partial charge in [0.1, 0.15) is 5.75 Å². The van der Waals surface area contributed by atoms with Gasteiger partial charge in [-0.25, -0.2) is 0 Å². The molecule has 100 valence electrons. The topological polar surface area (TPSA) is 9.23 Å². The van der Waals surface area contributed by atoms with E-state index in [9.17, 15) is 0 Å². The van der Waals surface area contributed by atoms with Crippen molar-refractivity contribution in [3.05, 3.63) is 29.8 Å². The van der Waals surface area contributed by atoms with E-state index in [0.29, 0.717) is 11.3 Å². The first kappa shape index (κ1) is 13.9. The maximum Gasteiger partial charge on any atom is 0.122 e. The standard InChI is InChI=1S/C16H23BrO/c1-13(2)14-7-3-4-8-15(14)18-12-16(11-17)9-5-6-10-16/h3-4,7-8,13H,5-6,9-12H2,1-2H3. The minimum absolute atomic E-state index is 0.365. The summed E-state index contributed by atoms with van der Waals surface area (Å²) in [7, 11) is 0. The van der Waals surface area contributed by atoms with Crippen LogP contribution in [0.15, 0.2) is 24.3 Å². The highest BCUT2D eigenvalue weighted by Gasteiger charge is 2.33. The Labute approximate surface area is 119 Å². The molecule has 0 aromatic heterocycles. The SMILES string of the molecule is CC(C)c1ccccc1OCC1(CBr)CCCC1. The molecule has 0 radical (unpaired) electrons. The highest BCUT2D eigenvalue weighted by Crippen LogP contribution is 2.40. The molecule has 0 atom stereocenters. The highest BCUT2D eigenvalue weighted by molar-refractivity contribution is 9.09. The molecule has 0 bridgehead atoms. The van der Waals surface area contributed by atoms with E-state index in [2.05, 4.69) is 54.0 Å². The normalized spacial score (nSPS) is 18.2. The quantitative estimate of drug-likeness (QED) is 0.684. The van der Waals surface area contributed by atoms with E-state index in [4.69, 9.17) is 4.74 Å². The number of hydrogen-bond donors (Lipinski definition) is 0. The van der Waals surface area contributed by atoms with Crippen LogP contribution in [0.4, 0.5) is 0 Å². The van der Waals surface area contributed by atoms with E-state index in [1.807, 2.05) is 0 Å². The summed E-state index contributed by atoms with van der Waals surface area (Å²) in [4.78, 5) is 0. The lowest BCUT2D eigenvalue weighted by Gasteiger charge is -2.27. The molecule has 1 aliphatic carbocycles. The fourth-order valence-corrected chi connectivity index (χ4v) is 3.48. The Kier molecular flexibility index (Phi) is 4.71. The van der Waals surface area contributed by atoms with Crippen molar-refractivity contribution in [3.63, 3.8) is 0 Å². The third kappa shape index (κ3) is 3.09. The highest BCUT2D eigenvalue weighted by atomic mass is 79.9. The molecule has 0 heterocycles. The van der Waals surface area contributed by atoms with Crippen LogP contribution in [0.2, 0.25) is 0 Å².